The van der Waals surface area contributed by atoms with E-state index in [0.717, 1.165) is 91.5 Å². The number of hydrogen-bond acceptors (Lipinski definition) is 10. The number of aryl methyl sites for hydroxylation is 1. The molecule has 0 spiro atoms. The van der Waals surface area contributed by atoms with Crippen LogP contribution >= 0.6 is 0 Å². The molecule has 6 N–H and O–H groups in total. The van der Waals surface area contributed by atoms with Gasteiger partial charge in [-0.25, -0.2) is 0 Å². The van der Waals surface area contributed by atoms with Crippen LogP contribution in [0.15, 0.2) is 297 Å². The Hall–Kier alpha value is -11.6. The molecule has 0 amide bonds. The van der Waals surface area contributed by atoms with Crippen molar-refractivity contribution in [3.05, 3.63) is 336 Å². The first kappa shape index (κ1) is 74.1. The van der Waals surface area contributed by atoms with Crippen LogP contribution in [0.5, 0.6) is 46.0 Å². The number of epoxide rings is 2. The van der Waals surface area contributed by atoms with Crippen molar-refractivity contribution in [3.8, 4) is 102 Å². The van der Waals surface area contributed by atoms with Crippen molar-refractivity contribution >= 4 is 10.8 Å². The first-order valence-electron chi connectivity index (χ1n) is 35.5. The van der Waals surface area contributed by atoms with E-state index in [1.54, 1.807) is 48.5 Å². The Morgan fingerprint density at radius 2 is 0.621 bits per heavy atom. The molecule has 2 fully saturated rings. The van der Waals surface area contributed by atoms with E-state index >= 15 is 0 Å². The van der Waals surface area contributed by atoms with E-state index in [9.17, 15) is 30.6 Å². The van der Waals surface area contributed by atoms with Crippen LogP contribution in [0.25, 0.3) is 66.4 Å². The third kappa shape index (κ3) is 20.1. The highest BCUT2D eigenvalue weighted by molar-refractivity contribution is 5.84. The third-order valence-electron chi connectivity index (χ3n) is 17.3. The van der Waals surface area contributed by atoms with E-state index in [4.69, 9.17) is 18.9 Å². The van der Waals surface area contributed by atoms with E-state index < -0.39 is 11.8 Å². The van der Waals surface area contributed by atoms with Crippen molar-refractivity contribution in [3.63, 3.8) is 0 Å². The Balaban J connectivity index is 0.000000263. The van der Waals surface area contributed by atoms with Crippen LogP contribution in [-0.4, -0.2) is 69.3 Å². The number of hydrogen-bond donors (Lipinski definition) is 6. The molecule has 15 rings (SSSR count). The molecule has 0 aromatic heterocycles. The average Bonchev–Trinajstić information content (AvgIpc) is 1.67. The van der Waals surface area contributed by atoms with Crippen LogP contribution < -0.4 is 9.47 Å². The molecule has 4 unspecified atom stereocenters. The number of fused-ring (bicyclic) bond motifs is 1. The molecule has 0 bridgehead atoms. The molecule has 10 heteroatoms. The third-order valence-corrected chi connectivity index (χ3v) is 17.3. The van der Waals surface area contributed by atoms with E-state index in [0.29, 0.717) is 47.7 Å². The summed E-state index contributed by atoms with van der Waals surface area (Å²) in [5, 5.41) is 69.7. The smallest absolute Gasteiger partial charge is 0.122 e. The SMILES string of the molecule is CC.CCC.CCC.Cc1ccccc1OCC1CO1.Oc1ccc(-c2ccc(O)c(C(c3ccc(-c4ccccc4)cc3)c3cc(-c4ccc(O)c(C(c5ccc(-c6ccccc6)cc5)c5cc(-c6ccc(O)cc6)ccc5O)c4)ccc3O)c2)cc1.c1ccc2cc(OCC3CO3)ccc2c1. The second-order valence-corrected chi connectivity index (χ2v) is 25.3. The molecule has 2 aliphatic rings. The first-order valence-corrected chi connectivity index (χ1v) is 35.5. The maximum Gasteiger partial charge on any atom is 0.122 e. The van der Waals surface area contributed by atoms with Gasteiger partial charge in [0, 0.05) is 34.1 Å². The normalized spacial score (nSPS) is 13.5. The maximum atomic E-state index is 11.9. The van der Waals surface area contributed by atoms with Crippen molar-refractivity contribution in [2.24, 2.45) is 0 Å². The van der Waals surface area contributed by atoms with Crippen molar-refractivity contribution in [2.45, 2.75) is 85.4 Å². The van der Waals surface area contributed by atoms with Crippen LogP contribution in [0.4, 0.5) is 0 Å². The molecule has 0 saturated carbocycles. The number of phenols is 6. The average molecular weight is 1370 g/mol. The lowest BCUT2D eigenvalue weighted by atomic mass is 9.80. The monoisotopic (exact) mass is 1370 g/mol. The van der Waals surface area contributed by atoms with Gasteiger partial charge in [0.15, 0.2) is 0 Å². The Labute approximate surface area is 606 Å². The van der Waals surface area contributed by atoms with Crippen molar-refractivity contribution < 1.29 is 49.6 Å². The van der Waals surface area contributed by atoms with Crippen molar-refractivity contribution in [1.29, 1.82) is 0 Å². The van der Waals surface area contributed by atoms with Gasteiger partial charge in [-0.2, -0.15) is 0 Å². The van der Waals surface area contributed by atoms with Gasteiger partial charge in [-0.1, -0.05) is 261 Å². The topological polar surface area (TPSA) is 165 Å². The molecule has 13 aromatic rings. The number of rotatable bonds is 17. The summed E-state index contributed by atoms with van der Waals surface area (Å²) < 4.78 is 21.3. The lowest BCUT2D eigenvalue weighted by molar-refractivity contribution is 0.262. The molecule has 13 aromatic carbocycles. The Kier molecular flexibility index (Phi) is 26.4. The Morgan fingerprint density at radius 3 is 1.00 bits per heavy atom. The van der Waals surface area contributed by atoms with Gasteiger partial charge in [0.25, 0.3) is 0 Å². The molecule has 4 atom stereocenters. The summed E-state index contributed by atoms with van der Waals surface area (Å²) in [5.41, 5.74) is 14.1. The molecule has 524 valence electrons. The largest absolute Gasteiger partial charge is 0.508 e. The van der Waals surface area contributed by atoms with Gasteiger partial charge in [0.1, 0.15) is 71.4 Å². The summed E-state index contributed by atoms with van der Waals surface area (Å²) in [4.78, 5) is 0. The Bertz CT molecular complexity index is 4550. The van der Waals surface area contributed by atoms with Gasteiger partial charge < -0.3 is 49.6 Å². The predicted molar refractivity (Wildman–Crippen MR) is 420 cm³/mol. The highest BCUT2D eigenvalue weighted by Gasteiger charge is 2.28. The Morgan fingerprint density at radius 1 is 0.320 bits per heavy atom. The molecule has 2 aliphatic heterocycles. The minimum absolute atomic E-state index is 0.0340. The molecule has 103 heavy (non-hydrogen) atoms. The van der Waals surface area contributed by atoms with Gasteiger partial charge in [-0.3, -0.25) is 0 Å². The number of para-hydroxylation sites is 1. The van der Waals surface area contributed by atoms with Gasteiger partial charge >= 0.3 is 0 Å². The lowest BCUT2D eigenvalue weighted by Gasteiger charge is -2.24. The highest BCUT2D eigenvalue weighted by atomic mass is 16.6. The summed E-state index contributed by atoms with van der Waals surface area (Å²) in [6, 6.07) is 94.4. The van der Waals surface area contributed by atoms with E-state index in [1.807, 2.05) is 221 Å². The van der Waals surface area contributed by atoms with Crippen LogP contribution in [0.2, 0.25) is 0 Å². The van der Waals surface area contributed by atoms with Crippen LogP contribution in [-0.2, 0) is 9.47 Å². The first-order chi connectivity index (χ1) is 50.3. The summed E-state index contributed by atoms with van der Waals surface area (Å²) in [5.74, 6) is 1.09. The molecule has 10 nitrogen and oxygen atoms in total. The zero-order valence-electron chi connectivity index (χ0n) is 59.7. The standard InChI is InChI=1S/C62H46O6.C13H12O2.C10H12O2.2C3H8.C2H6/c63-51-27-19-43(20-28-51)47-23-31-57(65)53(35-47)61(45-15-11-41(12-16-45)39-7-3-1-4-8-39)55-37-49(25-33-59(55)67)50-26-34-60(68)56(38-50)62(46-17-13-42(14-18-46)40-9-5-2-6-10-40)54-36-48(24-32-58(54)66)44-21-29-52(64)30-22-44;1-2-4-11-7-12(6-5-10(11)3-1)14-8-13-9-15-13;1-8-4-2-3-5-10(8)12-7-9-6-11-9;2*1-3-2;1-2/h1-38,61-68H;1-7,13H,8-9H2;2-5,9H,6-7H2,1H3;2*3H2,1-2H3;1-2H3. The van der Waals surface area contributed by atoms with E-state index in [2.05, 4.69) is 76.2 Å². The van der Waals surface area contributed by atoms with Gasteiger partial charge in [-0.05, 0) is 181 Å². The number of ether oxygens (including phenoxy) is 4. The molecule has 2 saturated heterocycles. The molecule has 0 radical (unpaired) electrons. The molecular weight excluding hydrogens is 1280 g/mol. The van der Waals surface area contributed by atoms with Gasteiger partial charge in [0.2, 0.25) is 0 Å². The molecule has 2 heterocycles. The highest BCUT2D eigenvalue weighted by Crippen LogP contribution is 2.47. The maximum absolute atomic E-state index is 11.9. The van der Waals surface area contributed by atoms with Crippen LogP contribution in [0.3, 0.4) is 0 Å². The fraction of sp³-hybridized carbons (Fsp3) is 0.183. The number of phenolic OH excluding ortho intramolecular Hbond substituents is 6. The minimum atomic E-state index is -0.635. The number of aromatic hydroxyl groups is 6. The zero-order valence-corrected chi connectivity index (χ0v) is 59.7. The summed E-state index contributed by atoms with van der Waals surface area (Å²) in [6.45, 7) is 17.6. The van der Waals surface area contributed by atoms with Crippen molar-refractivity contribution in [2.75, 3.05) is 26.4 Å². The fourth-order valence-corrected chi connectivity index (χ4v) is 11.9. The number of benzene rings is 13. The van der Waals surface area contributed by atoms with Crippen molar-refractivity contribution in [1.82, 2.24) is 0 Å². The summed E-state index contributed by atoms with van der Waals surface area (Å²) in [7, 11) is 0. The van der Waals surface area contributed by atoms with Crippen LogP contribution in [0.1, 0.15) is 105 Å². The van der Waals surface area contributed by atoms with E-state index in [-0.39, 0.29) is 34.5 Å². The molecule has 0 aliphatic carbocycles. The predicted octanol–water partition coefficient (Wildman–Crippen LogP) is 22.9. The summed E-state index contributed by atoms with van der Waals surface area (Å²) >= 11 is 0. The quantitative estimate of drug-likeness (QED) is 0.0382. The second kappa shape index (κ2) is 36.7. The minimum Gasteiger partial charge on any atom is -0.508 e. The van der Waals surface area contributed by atoms with Crippen LogP contribution in [0, 0.1) is 6.92 Å². The zero-order chi connectivity index (χ0) is 72.6. The van der Waals surface area contributed by atoms with Gasteiger partial charge in [-0.15, -0.1) is 0 Å². The lowest BCUT2D eigenvalue weighted by Crippen LogP contribution is -2.06. The second-order valence-electron chi connectivity index (χ2n) is 25.3. The molecular formula is C93H92O10. The fourth-order valence-electron chi connectivity index (χ4n) is 11.9. The van der Waals surface area contributed by atoms with E-state index in [1.165, 1.54) is 29.2 Å². The summed E-state index contributed by atoms with van der Waals surface area (Å²) in [6.07, 6.45) is 3.15. The van der Waals surface area contributed by atoms with Gasteiger partial charge in [0.05, 0.1) is 13.2 Å².